The molecule has 0 aromatic rings. The number of hydrogen-bond acceptors (Lipinski definition) is 3. The summed E-state index contributed by atoms with van der Waals surface area (Å²) in [6.07, 6.45) is 3.53. The molecule has 106 valence electrons. The Morgan fingerprint density at radius 2 is 1.78 bits per heavy atom. The number of unbranched alkanes of at least 4 members (excludes halogenated alkanes) is 2. The minimum atomic E-state index is -0.227. The van der Waals surface area contributed by atoms with Gasteiger partial charge in [0.2, 0.25) is 5.91 Å². The fourth-order valence-corrected chi connectivity index (χ4v) is 1.71. The monoisotopic (exact) mass is 257 g/mol. The second-order valence-electron chi connectivity index (χ2n) is 4.74. The Kier molecular flexibility index (Phi) is 9.33. The van der Waals surface area contributed by atoms with Crippen molar-refractivity contribution in [2.75, 3.05) is 19.7 Å². The smallest absolute Gasteiger partial charge is 0.307 e. The summed E-state index contributed by atoms with van der Waals surface area (Å²) >= 11 is 0. The molecule has 1 amide bonds. The first kappa shape index (κ1) is 16.9. The van der Waals surface area contributed by atoms with Crippen LogP contribution >= 0.6 is 0 Å². The summed E-state index contributed by atoms with van der Waals surface area (Å²) in [7, 11) is 0. The minimum Gasteiger partial charge on any atom is -0.466 e. The SMILES string of the molecule is CCCCCN(CCC(=O)OCC)C(=O)C(C)C. The molecule has 0 aliphatic rings. The molecule has 4 nitrogen and oxygen atoms in total. The van der Waals surface area contributed by atoms with Crippen molar-refractivity contribution in [3.8, 4) is 0 Å². The molecule has 0 fully saturated rings. The Labute approximate surface area is 111 Å². The highest BCUT2D eigenvalue weighted by Gasteiger charge is 2.17. The molecule has 0 aromatic heterocycles. The van der Waals surface area contributed by atoms with Crippen LogP contribution in [-0.2, 0) is 14.3 Å². The van der Waals surface area contributed by atoms with Gasteiger partial charge in [0.05, 0.1) is 13.0 Å². The Bertz CT molecular complexity index is 251. The number of nitrogens with zero attached hydrogens (tertiary/aromatic N) is 1. The maximum absolute atomic E-state index is 12.0. The Morgan fingerprint density at radius 1 is 1.11 bits per heavy atom. The second-order valence-corrected chi connectivity index (χ2v) is 4.74. The van der Waals surface area contributed by atoms with Crippen molar-refractivity contribution in [2.24, 2.45) is 5.92 Å². The van der Waals surface area contributed by atoms with Gasteiger partial charge in [-0.15, -0.1) is 0 Å². The maximum atomic E-state index is 12.0. The average molecular weight is 257 g/mol. The second kappa shape index (κ2) is 9.92. The minimum absolute atomic E-state index is 0.0196. The van der Waals surface area contributed by atoms with Crippen LogP contribution in [0.1, 0.15) is 53.4 Å². The molecule has 0 rings (SSSR count). The van der Waals surface area contributed by atoms with E-state index in [1.807, 2.05) is 13.8 Å². The third-order valence-electron chi connectivity index (χ3n) is 2.73. The molecular weight excluding hydrogens is 230 g/mol. The van der Waals surface area contributed by atoms with E-state index < -0.39 is 0 Å². The van der Waals surface area contributed by atoms with Gasteiger partial charge >= 0.3 is 5.97 Å². The lowest BCUT2D eigenvalue weighted by molar-refractivity contribution is -0.144. The van der Waals surface area contributed by atoms with Gasteiger partial charge in [-0.2, -0.15) is 0 Å². The van der Waals surface area contributed by atoms with Gasteiger partial charge in [0.25, 0.3) is 0 Å². The quantitative estimate of drug-likeness (QED) is 0.471. The van der Waals surface area contributed by atoms with Crippen molar-refractivity contribution in [3.63, 3.8) is 0 Å². The molecule has 0 heterocycles. The van der Waals surface area contributed by atoms with Crippen LogP contribution in [0.4, 0.5) is 0 Å². The highest BCUT2D eigenvalue weighted by Crippen LogP contribution is 2.06. The zero-order valence-electron chi connectivity index (χ0n) is 12.2. The van der Waals surface area contributed by atoms with Gasteiger partial charge in [-0.1, -0.05) is 33.6 Å². The van der Waals surface area contributed by atoms with Crippen LogP contribution in [0.15, 0.2) is 0 Å². The molecule has 0 bridgehead atoms. The third kappa shape index (κ3) is 7.30. The van der Waals surface area contributed by atoms with Gasteiger partial charge in [-0.05, 0) is 13.3 Å². The third-order valence-corrected chi connectivity index (χ3v) is 2.73. The van der Waals surface area contributed by atoms with E-state index >= 15 is 0 Å². The van der Waals surface area contributed by atoms with E-state index in [2.05, 4.69) is 6.92 Å². The number of carbonyl (C=O) groups excluding carboxylic acids is 2. The van der Waals surface area contributed by atoms with E-state index in [1.54, 1.807) is 11.8 Å². The number of carbonyl (C=O) groups is 2. The summed E-state index contributed by atoms with van der Waals surface area (Å²) in [5.41, 5.74) is 0. The lowest BCUT2D eigenvalue weighted by Gasteiger charge is -2.24. The van der Waals surface area contributed by atoms with Crippen molar-refractivity contribution >= 4 is 11.9 Å². The fraction of sp³-hybridized carbons (Fsp3) is 0.857. The first-order valence-corrected chi connectivity index (χ1v) is 6.97. The van der Waals surface area contributed by atoms with E-state index in [4.69, 9.17) is 4.74 Å². The van der Waals surface area contributed by atoms with Gasteiger partial charge < -0.3 is 9.64 Å². The van der Waals surface area contributed by atoms with Crippen molar-refractivity contribution < 1.29 is 14.3 Å². The zero-order chi connectivity index (χ0) is 14.0. The molecule has 0 N–H and O–H groups in total. The van der Waals surface area contributed by atoms with Crippen LogP contribution in [0.2, 0.25) is 0 Å². The summed E-state index contributed by atoms with van der Waals surface area (Å²) in [5.74, 6) is -0.126. The normalized spacial score (nSPS) is 10.5. The number of amides is 1. The molecule has 0 atom stereocenters. The number of hydrogen-bond donors (Lipinski definition) is 0. The molecule has 0 saturated carbocycles. The number of rotatable bonds is 9. The molecule has 0 aromatic carbocycles. The summed E-state index contributed by atoms with van der Waals surface area (Å²) in [6.45, 7) is 9.30. The topological polar surface area (TPSA) is 46.6 Å². The van der Waals surface area contributed by atoms with Crippen LogP contribution in [0, 0.1) is 5.92 Å². The Morgan fingerprint density at radius 3 is 2.28 bits per heavy atom. The van der Waals surface area contributed by atoms with Crippen molar-refractivity contribution in [2.45, 2.75) is 53.4 Å². The number of esters is 1. The highest BCUT2D eigenvalue weighted by atomic mass is 16.5. The van der Waals surface area contributed by atoms with Crippen molar-refractivity contribution in [3.05, 3.63) is 0 Å². The van der Waals surface area contributed by atoms with E-state index in [0.29, 0.717) is 19.6 Å². The molecule has 0 unspecified atom stereocenters. The molecule has 4 heteroatoms. The first-order chi connectivity index (χ1) is 8.52. The predicted molar refractivity (Wildman–Crippen MR) is 72.2 cm³/mol. The van der Waals surface area contributed by atoms with Gasteiger partial charge in [0.15, 0.2) is 0 Å². The Hall–Kier alpha value is -1.06. The van der Waals surface area contributed by atoms with E-state index in [9.17, 15) is 9.59 Å². The maximum Gasteiger partial charge on any atom is 0.307 e. The molecule has 0 spiro atoms. The fourth-order valence-electron chi connectivity index (χ4n) is 1.71. The van der Waals surface area contributed by atoms with Gasteiger partial charge in [0.1, 0.15) is 0 Å². The first-order valence-electron chi connectivity index (χ1n) is 6.97. The van der Waals surface area contributed by atoms with E-state index in [-0.39, 0.29) is 17.8 Å². The van der Waals surface area contributed by atoms with E-state index in [0.717, 1.165) is 25.8 Å². The standard InChI is InChI=1S/C14H27NO3/c1-5-7-8-10-15(14(17)12(3)4)11-9-13(16)18-6-2/h12H,5-11H2,1-4H3. The largest absolute Gasteiger partial charge is 0.466 e. The van der Waals surface area contributed by atoms with Gasteiger partial charge in [-0.3, -0.25) is 9.59 Å². The molecule has 0 aliphatic carbocycles. The average Bonchev–Trinajstić information content (AvgIpc) is 2.33. The predicted octanol–water partition coefficient (Wildman–Crippen LogP) is 2.61. The van der Waals surface area contributed by atoms with Crippen LogP contribution < -0.4 is 0 Å². The summed E-state index contributed by atoms with van der Waals surface area (Å²) in [5, 5.41) is 0. The Balaban J connectivity index is 4.20. The summed E-state index contributed by atoms with van der Waals surface area (Å²) in [6, 6.07) is 0. The molecular formula is C14H27NO3. The molecule has 18 heavy (non-hydrogen) atoms. The van der Waals surface area contributed by atoms with Crippen LogP contribution in [-0.4, -0.2) is 36.5 Å². The highest BCUT2D eigenvalue weighted by molar-refractivity contribution is 5.79. The zero-order valence-corrected chi connectivity index (χ0v) is 12.2. The van der Waals surface area contributed by atoms with Crippen molar-refractivity contribution in [1.29, 1.82) is 0 Å². The molecule has 0 radical (unpaired) electrons. The lowest BCUT2D eigenvalue weighted by Crippen LogP contribution is -2.36. The summed E-state index contributed by atoms with van der Waals surface area (Å²) < 4.78 is 4.88. The summed E-state index contributed by atoms with van der Waals surface area (Å²) in [4.78, 5) is 25.1. The molecule has 0 saturated heterocycles. The van der Waals surface area contributed by atoms with Gasteiger partial charge in [-0.25, -0.2) is 0 Å². The van der Waals surface area contributed by atoms with Crippen LogP contribution in [0.25, 0.3) is 0 Å². The van der Waals surface area contributed by atoms with Crippen LogP contribution in [0.5, 0.6) is 0 Å². The lowest BCUT2D eigenvalue weighted by atomic mass is 10.1. The van der Waals surface area contributed by atoms with Crippen molar-refractivity contribution in [1.82, 2.24) is 4.90 Å². The van der Waals surface area contributed by atoms with Crippen LogP contribution in [0.3, 0.4) is 0 Å². The number of ether oxygens (including phenoxy) is 1. The molecule has 0 aliphatic heterocycles. The van der Waals surface area contributed by atoms with Gasteiger partial charge in [0, 0.05) is 19.0 Å². The van der Waals surface area contributed by atoms with E-state index in [1.165, 1.54) is 0 Å².